The van der Waals surface area contributed by atoms with E-state index in [4.69, 9.17) is 5.73 Å². The topological polar surface area (TPSA) is 72.2 Å². The normalized spacial score (nSPS) is 27.4. The molecule has 0 aromatic heterocycles. The summed E-state index contributed by atoms with van der Waals surface area (Å²) in [7, 11) is -3.52. The maximum absolute atomic E-state index is 12.4. The number of nitrogens with one attached hydrogen (secondary N) is 1. The Hall–Kier alpha value is -1.07. The molecular weight excluding hydrogens is 272 g/mol. The Kier molecular flexibility index (Phi) is 4.39. The van der Waals surface area contributed by atoms with E-state index < -0.39 is 10.0 Å². The van der Waals surface area contributed by atoms with Crippen LogP contribution in [0.4, 0.5) is 5.69 Å². The molecule has 1 fully saturated rings. The first kappa shape index (κ1) is 15.3. The second kappa shape index (κ2) is 5.74. The van der Waals surface area contributed by atoms with E-state index in [0.717, 1.165) is 24.8 Å². The Labute approximate surface area is 121 Å². The predicted molar refractivity (Wildman–Crippen MR) is 81.9 cm³/mol. The predicted octanol–water partition coefficient (Wildman–Crippen LogP) is 2.68. The zero-order valence-corrected chi connectivity index (χ0v) is 13.2. The summed E-state index contributed by atoms with van der Waals surface area (Å²) in [6.45, 7) is 6.31. The van der Waals surface area contributed by atoms with Gasteiger partial charge in [-0.05, 0) is 55.7 Å². The number of aryl methyl sites for hydroxylation is 1. The van der Waals surface area contributed by atoms with Crippen LogP contribution in [0.2, 0.25) is 0 Å². The summed E-state index contributed by atoms with van der Waals surface area (Å²) in [6, 6.07) is 5.07. The molecule has 0 amide bonds. The second-order valence-corrected chi connectivity index (χ2v) is 7.81. The van der Waals surface area contributed by atoms with Crippen molar-refractivity contribution < 1.29 is 8.42 Å². The van der Waals surface area contributed by atoms with Gasteiger partial charge in [0.15, 0.2) is 0 Å². The number of nitrogen functional groups attached to an aromatic ring is 1. The Morgan fingerprint density at radius 2 is 1.90 bits per heavy atom. The lowest BCUT2D eigenvalue weighted by Crippen LogP contribution is -2.40. The van der Waals surface area contributed by atoms with E-state index in [1.54, 1.807) is 18.2 Å². The van der Waals surface area contributed by atoms with Crippen molar-refractivity contribution in [2.45, 2.75) is 51.0 Å². The molecule has 3 N–H and O–H groups in total. The average molecular weight is 296 g/mol. The van der Waals surface area contributed by atoms with Gasteiger partial charge in [0.05, 0.1) is 5.69 Å². The molecule has 1 aliphatic rings. The van der Waals surface area contributed by atoms with Crippen LogP contribution in [0.25, 0.3) is 0 Å². The summed E-state index contributed by atoms with van der Waals surface area (Å²) in [5, 5.41) is 0. The molecular formula is C15H24N2O2S. The molecule has 1 aliphatic carbocycles. The number of anilines is 1. The lowest BCUT2D eigenvalue weighted by molar-refractivity contribution is 0.242. The zero-order chi connectivity index (χ0) is 14.9. The standard InChI is InChI=1S/C15H24N2O2S/c1-10-4-7-15(14(16)8-10)20(18,19)17-13-6-5-11(2)12(3)9-13/h4,7-8,11-13,17H,5-6,9,16H2,1-3H3. The highest BCUT2D eigenvalue weighted by Crippen LogP contribution is 2.30. The molecule has 20 heavy (non-hydrogen) atoms. The summed E-state index contributed by atoms with van der Waals surface area (Å²) < 4.78 is 27.7. The minimum absolute atomic E-state index is 0.0203. The lowest BCUT2D eigenvalue weighted by Gasteiger charge is -2.32. The van der Waals surface area contributed by atoms with Gasteiger partial charge in [0.25, 0.3) is 0 Å². The van der Waals surface area contributed by atoms with E-state index in [0.29, 0.717) is 17.5 Å². The molecule has 1 saturated carbocycles. The average Bonchev–Trinajstić information content (AvgIpc) is 2.33. The smallest absolute Gasteiger partial charge is 0.242 e. The highest BCUT2D eigenvalue weighted by Gasteiger charge is 2.28. The van der Waals surface area contributed by atoms with Crippen molar-refractivity contribution in [3.05, 3.63) is 23.8 Å². The molecule has 0 heterocycles. The van der Waals surface area contributed by atoms with Gasteiger partial charge in [0, 0.05) is 6.04 Å². The molecule has 5 heteroatoms. The van der Waals surface area contributed by atoms with Crippen LogP contribution in [0.15, 0.2) is 23.1 Å². The lowest BCUT2D eigenvalue weighted by atomic mass is 9.79. The number of benzene rings is 1. The fourth-order valence-corrected chi connectivity index (χ4v) is 4.25. The first-order valence-corrected chi connectivity index (χ1v) is 8.66. The maximum Gasteiger partial charge on any atom is 0.242 e. The van der Waals surface area contributed by atoms with Crippen molar-refractivity contribution in [2.75, 3.05) is 5.73 Å². The van der Waals surface area contributed by atoms with Gasteiger partial charge in [-0.3, -0.25) is 0 Å². The highest BCUT2D eigenvalue weighted by atomic mass is 32.2. The molecule has 1 aromatic carbocycles. The van der Waals surface area contributed by atoms with Gasteiger partial charge < -0.3 is 5.73 Å². The van der Waals surface area contributed by atoms with Crippen LogP contribution in [-0.4, -0.2) is 14.5 Å². The molecule has 3 unspecified atom stereocenters. The number of nitrogens with two attached hydrogens (primary N) is 1. The van der Waals surface area contributed by atoms with Gasteiger partial charge in [0.2, 0.25) is 10.0 Å². The zero-order valence-electron chi connectivity index (χ0n) is 12.4. The second-order valence-electron chi connectivity index (χ2n) is 6.13. The van der Waals surface area contributed by atoms with Gasteiger partial charge in [-0.2, -0.15) is 0 Å². The quantitative estimate of drug-likeness (QED) is 0.842. The number of hydrogen-bond donors (Lipinski definition) is 2. The molecule has 0 bridgehead atoms. The van der Waals surface area contributed by atoms with Crippen molar-refractivity contribution >= 4 is 15.7 Å². The summed E-state index contributed by atoms with van der Waals surface area (Å²) in [5.41, 5.74) is 7.12. The number of rotatable bonds is 3. The molecule has 0 aliphatic heterocycles. The fraction of sp³-hybridized carbons (Fsp3) is 0.600. The third kappa shape index (κ3) is 3.33. The van der Waals surface area contributed by atoms with E-state index in [2.05, 4.69) is 18.6 Å². The third-order valence-electron chi connectivity index (χ3n) is 4.37. The van der Waals surface area contributed by atoms with Gasteiger partial charge in [0.1, 0.15) is 4.90 Å². The molecule has 0 radical (unpaired) electrons. The molecule has 4 nitrogen and oxygen atoms in total. The summed E-state index contributed by atoms with van der Waals surface area (Å²) in [4.78, 5) is 0.189. The molecule has 112 valence electrons. The molecule has 2 rings (SSSR count). The van der Waals surface area contributed by atoms with Crippen molar-refractivity contribution in [2.24, 2.45) is 11.8 Å². The van der Waals surface area contributed by atoms with Gasteiger partial charge in [-0.25, -0.2) is 13.1 Å². The summed E-state index contributed by atoms with van der Waals surface area (Å²) >= 11 is 0. The SMILES string of the molecule is Cc1ccc(S(=O)(=O)NC2CCC(C)C(C)C2)c(N)c1. The minimum Gasteiger partial charge on any atom is -0.398 e. The van der Waals surface area contributed by atoms with Crippen molar-refractivity contribution in [1.29, 1.82) is 0 Å². The van der Waals surface area contributed by atoms with Gasteiger partial charge >= 0.3 is 0 Å². The Morgan fingerprint density at radius 1 is 1.20 bits per heavy atom. The van der Waals surface area contributed by atoms with Crippen molar-refractivity contribution in [3.63, 3.8) is 0 Å². The fourth-order valence-electron chi connectivity index (χ4n) is 2.85. The molecule has 0 saturated heterocycles. The third-order valence-corrected chi connectivity index (χ3v) is 5.97. The maximum atomic E-state index is 12.4. The van der Waals surface area contributed by atoms with Crippen LogP contribution in [0.5, 0.6) is 0 Å². The van der Waals surface area contributed by atoms with Crippen LogP contribution in [-0.2, 0) is 10.0 Å². The van der Waals surface area contributed by atoms with Gasteiger partial charge in [-0.15, -0.1) is 0 Å². The van der Waals surface area contributed by atoms with Crippen LogP contribution in [0.3, 0.4) is 0 Å². The van der Waals surface area contributed by atoms with E-state index in [-0.39, 0.29) is 10.9 Å². The van der Waals surface area contributed by atoms with Crippen LogP contribution in [0, 0.1) is 18.8 Å². The first-order chi connectivity index (χ1) is 9.29. The Balaban J connectivity index is 2.15. The summed E-state index contributed by atoms with van der Waals surface area (Å²) in [5.74, 6) is 1.21. The summed E-state index contributed by atoms with van der Waals surface area (Å²) in [6.07, 6.45) is 2.86. The Bertz CT molecular complexity index is 584. The molecule has 0 spiro atoms. The van der Waals surface area contributed by atoms with E-state index in [1.165, 1.54) is 0 Å². The van der Waals surface area contributed by atoms with Gasteiger partial charge in [-0.1, -0.05) is 19.9 Å². The van der Waals surface area contributed by atoms with E-state index >= 15 is 0 Å². The first-order valence-electron chi connectivity index (χ1n) is 7.18. The van der Waals surface area contributed by atoms with Crippen LogP contribution >= 0.6 is 0 Å². The monoisotopic (exact) mass is 296 g/mol. The largest absolute Gasteiger partial charge is 0.398 e. The van der Waals surface area contributed by atoms with Crippen LogP contribution < -0.4 is 10.5 Å². The molecule has 3 atom stereocenters. The van der Waals surface area contributed by atoms with E-state index in [1.807, 2.05) is 6.92 Å². The number of hydrogen-bond acceptors (Lipinski definition) is 3. The van der Waals surface area contributed by atoms with Crippen molar-refractivity contribution in [3.8, 4) is 0 Å². The van der Waals surface area contributed by atoms with Crippen LogP contribution in [0.1, 0.15) is 38.7 Å². The molecule has 1 aromatic rings. The van der Waals surface area contributed by atoms with E-state index in [9.17, 15) is 8.42 Å². The number of sulfonamides is 1. The minimum atomic E-state index is -3.52. The van der Waals surface area contributed by atoms with Crippen molar-refractivity contribution in [1.82, 2.24) is 4.72 Å². The highest BCUT2D eigenvalue weighted by molar-refractivity contribution is 7.89. The Morgan fingerprint density at radius 3 is 2.50 bits per heavy atom.